The number of pyridine rings is 1. The minimum atomic E-state index is 0.115. The van der Waals surface area contributed by atoms with Gasteiger partial charge in [-0.2, -0.15) is 0 Å². The molecule has 4 nitrogen and oxygen atoms in total. The van der Waals surface area contributed by atoms with Gasteiger partial charge in [-0.3, -0.25) is 14.7 Å². The predicted molar refractivity (Wildman–Crippen MR) is 85.0 cm³/mol. The van der Waals surface area contributed by atoms with Crippen LogP contribution in [0, 0.1) is 5.92 Å². The molecule has 3 heterocycles. The van der Waals surface area contributed by atoms with Crippen LogP contribution in [0.15, 0.2) is 36.5 Å². The third kappa shape index (κ3) is 2.32. The van der Waals surface area contributed by atoms with Crippen LogP contribution in [-0.4, -0.2) is 48.0 Å². The van der Waals surface area contributed by atoms with Crippen molar-refractivity contribution in [3.63, 3.8) is 0 Å². The van der Waals surface area contributed by atoms with E-state index in [0.717, 1.165) is 42.5 Å². The summed E-state index contributed by atoms with van der Waals surface area (Å²) in [6.07, 6.45) is 3.58. The molecule has 1 aromatic carbocycles. The molecule has 22 heavy (non-hydrogen) atoms. The van der Waals surface area contributed by atoms with Crippen molar-refractivity contribution in [2.24, 2.45) is 5.92 Å². The highest BCUT2D eigenvalue weighted by Gasteiger charge is 2.39. The number of benzene rings is 1. The van der Waals surface area contributed by atoms with E-state index in [1.807, 2.05) is 30.3 Å². The predicted octanol–water partition coefficient (Wildman–Crippen LogP) is 2.53. The number of ketones is 1. The summed E-state index contributed by atoms with van der Waals surface area (Å²) in [6.45, 7) is 1.50. The van der Waals surface area contributed by atoms with E-state index in [1.54, 1.807) is 6.20 Å². The first kappa shape index (κ1) is 13.9. The van der Waals surface area contributed by atoms with Crippen LogP contribution in [0.1, 0.15) is 23.2 Å². The van der Waals surface area contributed by atoms with Crippen molar-refractivity contribution >= 4 is 16.7 Å². The SMILES string of the molecule is CN1C2COCC1CC(C(=O)c1ccc3ncccc3c1)C2. The van der Waals surface area contributed by atoms with Crippen molar-refractivity contribution in [1.82, 2.24) is 9.88 Å². The van der Waals surface area contributed by atoms with Crippen LogP contribution in [0.3, 0.4) is 0 Å². The largest absolute Gasteiger partial charge is 0.378 e. The second kappa shape index (κ2) is 5.45. The van der Waals surface area contributed by atoms with Gasteiger partial charge in [-0.15, -0.1) is 0 Å². The molecular formula is C18H20N2O2. The van der Waals surface area contributed by atoms with Gasteiger partial charge in [0.1, 0.15) is 0 Å². The van der Waals surface area contributed by atoms with Crippen LogP contribution in [0.4, 0.5) is 0 Å². The van der Waals surface area contributed by atoms with Crippen molar-refractivity contribution in [1.29, 1.82) is 0 Å². The van der Waals surface area contributed by atoms with E-state index in [9.17, 15) is 4.79 Å². The van der Waals surface area contributed by atoms with E-state index in [4.69, 9.17) is 4.74 Å². The number of morpholine rings is 1. The van der Waals surface area contributed by atoms with Crippen LogP contribution in [0.25, 0.3) is 10.9 Å². The number of hydrogen-bond acceptors (Lipinski definition) is 4. The Labute approximate surface area is 130 Å². The van der Waals surface area contributed by atoms with Gasteiger partial charge < -0.3 is 4.74 Å². The number of piperidine rings is 1. The lowest BCUT2D eigenvalue weighted by Gasteiger charge is -2.46. The number of Topliss-reactive ketones (excluding diaryl/α,β-unsaturated/α-hetero) is 1. The first-order chi connectivity index (χ1) is 10.7. The minimum Gasteiger partial charge on any atom is -0.378 e. The molecule has 2 aliphatic heterocycles. The topological polar surface area (TPSA) is 42.4 Å². The lowest BCUT2D eigenvalue weighted by molar-refractivity contribution is -0.0702. The van der Waals surface area contributed by atoms with Crippen LogP contribution in [0.2, 0.25) is 0 Å². The summed E-state index contributed by atoms with van der Waals surface area (Å²) >= 11 is 0. The van der Waals surface area contributed by atoms with E-state index >= 15 is 0 Å². The van der Waals surface area contributed by atoms with E-state index in [0.29, 0.717) is 12.1 Å². The monoisotopic (exact) mass is 296 g/mol. The summed E-state index contributed by atoms with van der Waals surface area (Å²) in [5.74, 6) is 0.389. The second-order valence-electron chi connectivity index (χ2n) is 6.45. The molecule has 2 aromatic rings. The molecular weight excluding hydrogens is 276 g/mol. The van der Waals surface area contributed by atoms with Crippen molar-refractivity contribution in [2.75, 3.05) is 20.3 Å². The van der Waals surface area contributed by atoms with Crippen molar-refractivity contribution in [2.45, 2.75) is 24.9 Å². The highest BCUT2D eigenvalue weighted by molar-refractivity contribution is 6.00. The van der Waals surface area contributed by atoms with Gasteiger partial charge in [-0.05, 0) is 44.2 Å². The lowest BCUT2D eigenvalue weighted by atomic mass is 9.81. The van der Waals surface area contributed by atoms with E-state index in [1.165, 1.54) is 0 Å². The van der Waals surface area contributed by atoms with Gasteiger partial charge in [0.05, 0.1) is 18.7 Å². The number of aromatic nitrogens is 1. The molecule has 0 spiro atoms. The first-order valence-corrected chi connectivity index (χ1v) is 7.91. The lowest BCUT2D eigenvalue weighted by Crippen LogP contribution is -2.55. The molecule has 0 N–H and O–H groups in total. The molecule has 2 saturated heterocycles. The van der Waals surface area contributed by atoms with Gasteiger partial charge in [0.2, 0.25) is 0 Å². The molecule has 1 aromatic heterocycles. The van der Waals surface area contributed by atoms with Crippen LogP contribution < -0.4 is 0 Å². The number of carbonyl (C=O) groups is 1. The number of ether oxygens (including phenoxy) is 1. The Bertz CT molecular complexity index is 701. The van der Waals surface area contributed by atoms with Gasteiger partial charge in [0, 0.05) is 35.1 Å². The molecule has 0 saturated carbocycles. The smallest absolute Gasteiger partial charge is 0.166 e. The van der Waals surface area contributed by atoms with Gasteiger partial charge in [0.15, 0.2) is 5.78 Å². The third-order valence-corrected chi connectivity index (χ3v) is 5.14. The summed E-state index contributed by atoms with van der Waals surface area (Å²) in [5.41, 5.74) is 1.75. The Morgan fingerprint density at radius 3 is 2.77 bits per heavy atom. The van der Waals surface area contributed by atoms with Gasteiger partial charge >= 0.3 is 0 Å². The second-order valence-corrected chi connectivity index (χ2v) is 6.45. The Hall–Kier alpha value is -1.78. The normalized spacial score (nSPS) is 28.7. The summed E-state index contributed by atoms with van der Waals surface area (Å²) < 4.78 is 5.64. The zero-order valence-electron chi connectivity index (χ0n) is 12.7. The number of hydrogen-bond donors (Lipinski definition) is 0. The fraction of sp³-hybridized carbons (Fsp3) is 0.444. The Balaban J connectivity index is 1.60. The zero-order valence-corrected chi connectivity index (χ0v) is 12.7. The van der Waals surface area contributed by atoms with Crippen LogP contribution >= 0.6 is 0 Å². The number of carbonyl (C=O) groups excluding carboxylic acids is 1. The Morgan fingerprint density at radius 2 is 2.00 bits per heavy atom. The summed E-state index contributed by atoms with van der Waals surface area (Å²) in [5, 5.41) is 1.03. The number of likely N-dealkylation sites (N-methyl/N-ethyl adjacent to an activating group) is 1. The highest BCUT2D eigenvalue weighted by Crippen LogP contribution is 2.32. The highest BCUT2D eigenvalue weighted by atomic mass is 16.5. The number of rotatable bonds is 2. The maximum atomic E-state index is 12.9. The van der Waals surface area contributed by atoms with Crippen molar-refractivity contribution in [3.05, 3.63) is 42.1 Å². The molecule has 2 fully saturated rings. The Morgan fingerprint density at radius 1 is 1.23 bits per heavy atom. The quantitative estimate of drug-likeness (QED) is 0.799. The van der Waals surface area contributed by atoms with Crippen molar-refractivity contribution < 1.29 is 9.53 Å². The summed E-state index contributed by atoms with van der Waals surface area (Å²) in [7, 11) is 2.15. The van der Waals surface area contributed by atoms with E-state index in [-0.39, 0.29) is 11.7 Å². The fourth-order valence-electron chi connectivity index (χ4n) is 3.77. The van der Waals surface area contributed by atoms with Crippen LogP contribution in [0.5, 0.6) is 0 Å². The molecule has 114 valence electrons. The van der Waals surface area contributed by atoms with Crippen LogP contribution in [-0.2, 0) is 4.74 Å². The molecule has 0 radical (unpaired) electrons. The maximum Gasteiger partial charge on any atom is 0.166 e. The number of fused-ring (bicyclic) bond motifs is 3. The van der Waals surface area contributed by atoms with Gasteiger partial charge in [0.25, 0.3) is 0 Å². The minimum absolute atomic E-state index is 0.115. The molecule has 2 unspecified atom stereocenters. The molecule has 2 bridgehead atoms. The average molecular weight is 296 g/mol. The third-order valence-electron chi connectivity index (χ3n) is 5.14. The fourth-order valence-corrected chi connectivity index (χ4v) is 3.77. The molecule has 4 heteroatoms. The van der Waals surface area contributed by atoms with Crippen molar-refractivity contribution in [3.8, 4) is 0 Å². The average Bonchev–Trinajstić information content (AvgIpc) is 2.53. The standard InChI is InChI=1S/C18H20N2O2/c1-20-15-8-14(9-16(20)11-22-10-15)18(21)13-4-5-17-12(7-13)3-2-6-19-17/h2-7,14-16H,8-11H2,1H3. The summed E-state index contributed by atoms with van der Waals surface area (Å²) in [4.78, 5) is 19.6. The zero-order chi connectivity index (χ0) is 15.1. The van der Waals surface area contributed by atoms with E-state index < -0.39 is 0 Å². The summed E-state index contributed by atoms with van der Waals surface area (Å²) in [6, 6.07) is 10.5. The first-order valence-electron chi connectivity index (χ1n) is 7.91. The van der Waals surface area contributed by atoms with Gasteiger partial charge in [-0.25, -0.2) is 0 Å². The molecule has 2 atom stereocenters. The number of nitrogens with zero attached hydrogens (tertiary/aromatic N) is 2. The molecule has 0 aliphatic carbocycles. The Kier molecular flexibility index (Phi) is 3.43. The molecule has 0 amide bonds. The van der Waals surface area contributed by atoms with E-state index in [2.05, 4.69) is 16.9 Å². The maximum absolute atomic E-state index is 12.9. The van der Waals surface area contributed by atoms with Gasteiger partial charge in [-0.1, -0.05) is 6.07 Å². The molecule has 4 rings (SSSR count). The molecule has 2 aliphatic rings.